The molecule has 0 saturated carbocycles. The normalized spacial score (nSPS) is 11.5. The number of nitrogens with zero attached hydrogens (tertiary/aromatic N) is 3. The molecule has 174 valence electrons. The Kier molecular flexibility index (Phi) is 8.31. The molecule has 0 spiro atoms. The Bertz CT molecular complexity index is 1080. The fourth-order valence-electron chi connectivity index (χ4n) is 2.95. The van der Waals surface area contributed by atoms with Gasteiger partial charge in [-0.2, -0.15) is 0 Å². The van der Waals surface area contributed by atoms with Gasteiger partial charge in [0, 0.05) is 11.3 Å². The number of benzene rings is 2. The van der Waals surface area contributed by atoms with Crippen LogP contribution in [-0.4, -0.2) is 52.7 Å². The summed E-state index contributed by atoms with van der Waals surface area (Å²) in [6, 6.07) is 14.2. The molecule has 0 saturated heterocycles. The molecule has 1 atom stereocenters. The van der Waals surface area contributed by atoms with Crippen molar-refractivity contribution in [3.63, 3.8) is 0 Å². The van der Waals surface area contributed by atoms with Gasteiger partial charge in [0.25, 0.3) is 5.91 Å². The van der Waals surface area contributed by atoms with E-state index in [9.17, 15) is 9.59 Å². The van der Waals surface area contributed by atoms with E-state index in [1.807, 2.05) is 24.3 Å². The molecule has 0 aliphatic heterocycles. The summed E-state index contributed by atoms with van der Waals surface area (Å²) in [5.41, 5.74) is 1.27. The van der Waals surface area contributed by atoms with Gasteiger partial charge in [0.15, 0.2) is 11.0 Å². The molecule has 1 heterocycles. The van der Waals surface area contributed by atoms with E-state index in [1.54, 1.807) is 56.9 Å². The topological polar surface area (TPSA) is 105 Å². The summed E-state index contributed by atoms with van der Waals surface area (Å²) in [5.74, 6) is 1.30. The zero-order chi connectivity index (χ0) is 23.8. The molecule has 9 nitrogen and oxygen atoms in total. The zero-order valence-electron chi connectivity index (χ0n) is 18.9. The molecule has 33 heavy (non-hydrogen) atoms. The van der Waals surface area contributed by atoms with Crippen LogP contribution in [0.3, 0.4) is 0 Å². The predicted octanol–water partition coefficient (Wildman–Crippen LogP) is 3.26. The third-order valence-electron chi connectivity index (χ3n) is 4.69. The Morgan fingerprint density at radius 1 is 1.00 bits per heavy atom. The van der Waals surface area contributed by atoms with E-state index >= 15 is 0 Å². The molecule has 10 heteroatoms. The maximum absolute atomic E-state index is 12.6. The van der Waals surface area contributed by atoms with Crippen LogP contribution in [0, 0.1) is 0 Å². The van der Waals surface area contributed by atoms with Crippen LogP contribution in [0.5, 0.6) is 11.5 Å². The smallest absolute Gasteiger partial charge is 0.319 e. The van der Waals surface area contributed by atoms with Crippen molar-refractivity contribution in [3.8, 4) is 17.2 Å². The zero-order valence-corrected chi connectivity index (χ0v) is 19.7. The van der Waals surface area contributed by atoms with Crippen molar-refractivity contribution in [1.82, 2.24) is 20.1 Å². The highest BCUT2D eigenvalue weighted by Gasteiger charge is 2.22. The summed E-state index contributed by atoms with van der Waals surface area (Å²) >= 11 is 1.24. The lowest BCUT2D eigenvalue weighted by atomic mass is 10.2. The Labute approximate surface area is 196 Å². The molecule has 2 aromatic carbocycles. The number of esters is 1. The molecule has 3 aromatic rings. The molecule has 0 aliphatic rings. The fourth-order valence-corrected chi connectivity index (χ4v) is 3.84. The number of rotatable bonds is 10. The monoisotopic (exact) mass is 470 g/mol. The predicted molar refractivity (Wildman–Crippen MR) is 124 cm³/mol. The lowest BCUT2D eigenvalue weighted by Gasteiger charge is -2.14. The molecule has 1 aromatic heterocycles. The van der Waals surface area contributed by atoms with E-state index in [-0.39, 0.29) is 18.4 Å². The SMILES string of the molecule is CCOC(=O)[C@@H](C)Sc1nnc(CNC(=O)c2ccc(OC)cc2)n1-c1ccc(OC)cc1. The second-order valence-electron chi connectivity index (χ2n) is 6.86. The molecule has 1 N–H and O–H groups in total. The maximum atomic E-state index is 12.6. The van der Waals surface area contributed by atoms with Crippen molar-refractivity contribution in [3.05, 3.63) is 59.9 Å². The first-order valence-corrected chi connectivity index (χ1v) is 11.2. The van der Waals surface area contributed by atoms with Crippen LogP contribution in [0.15, 0.2) is 53.7 Å². The van der Waals surface area contributed by atoms with Crippen molar-refractivity contribution in [2.24, 2.45) is 0 Å². The van der Waals surface area contributed by atoms with Crippen LogP contribution >= 0.6 is 11.8 Å². The minimum atomic E-state index is -0.479. The van der Waals surface area contributed by atoms with Crippen LogP contribution in [0.25, 0.3) is 5.69 Å². The number of hydrogen-bond donors (Lipinski definition) is 1. The summed E-state index contributed by atoms with van der Waals surface area (Å²) < 4.78 is 17.3. The summed E-state index contributed by atoms with van der Waals surface area (Å²) in [6.07, 6.45) is 0. The van der Waals surface area contributed by atoms with E-state index in [2.05, 4.69) is 15.5 Å². The second-order valence-corrected chi connectivity index (χ2v) is 8.16. The van der Waals surface area contributed by atoms with Gasteiger partial charge in [0.05, 0.1) is 27.4 Å². The highest BCUT2D eigenvalue weighted by atomic mass is 32.2. The summed E-state index contributed by atoms with van der Waals surface area (Å²) in [5, 5.41) is 11.4. The number of nitrogens with one attached hydrogen (secondary N) is 1. The number of hydrogen-bond acceptors (Lipinski definition) is 8. The quantitative estimate of drug-likeness (QED) is 0.356. The van der Waals surface area contributed by atoms with Gasteiger partial charge >= 0.3 is 5.97 Å². The minimum Gasteiger partial charge on any atom is -0.497 e. The number of amides is 1. The lowest BCUT2D eigenvalue weighted by molar-refractivity contribution is -0.142. The summed E-state index contributed by atoms with van der Waals surface area (Å²) in [6.45, 7) is 3.95. The van der Waals surface area contributed by atoms with Gasteiger partial charge in [-0.05, 0) is 62.4 Å². The first-order chi connectivity index (χ1) is 16.0. The molecule has 3 rings (SSSR count). The van der Waals surface area contributed by atoms with E-state index < -0.39 is 5.25 Å². The third kappa shape index (κ3) is 6.04. The van der Waals surface area contributed by atoms with Crippen molar-refractivity contribution in [2.45, 2.75) is 30.8 Å². The number of carbonyl (C=O) groups is 2. The van der Waals surface area contributed by atoms with Gasteiger partial charge < -0.3 is 19.5 Å². The number of carbonyl (C=O) groups excluding carboxylic acids is 2. The molecule has 0 aliphatic carbocycles. The first-order valence-electron chi connectivity index (χ1n) is 10.3. The Morgan fingerprint density at radius 3 is 2.18 bits per heavy atom. The van der Waals surface area contributed by atoms with E-state index in [0.29, 0.717) is 34.7 Å². The van der Waals surface area contributed by atoms with Crippen LogP contribution < -0.4 is 14.8 Å². The number of ether oxygens (including phenoxy) is 3. The molecule has 0 bridgehead atoms. The third-order valence-corrected chi connectivity index (χ3v) is 5.71. The van der Waals surface area contributed by atoms with Crippen LogP contribution in [0.2, 0.25) is 0 Å². The first kappa shape index (κ1) is 24.1. The summed E-state index contributed by atoms with van der Waals surface area (Å²) in [4.78, 5) is 24.7. The highest BCUT2D eigenvalue weighted by Crippen LogP contribution is 2.27. The van der Waals surface area contributed by atoms with Gasteiger partial charge in [-0.1, -0.05) is 11.8 Å². The van der Waals surface area contributed by atoms with Crippen LogP contribution in [0.1, 0.15) is 30.0 Å². The number of thioether (sulfide) groups is 1. The Hall–Kier alpha value is -3.53. The van der Waals surface area contributed by atoms with Crippen molar-refractivity contribution >= 4 is 23.6 Å². The fraction of sp³-hybridized carbons (Fsp3) is 0.304. The molecule has 0 unspecified atom stereocenters. The van der Waals surface area contributed by atoms with Crippen molar-refractivity contribution < 1.29 is 23.8 Å². The van der Waals surface area contributed by atoms with E-state index in [0.717, 1.165) is 5.69 Å². The summed E-state index contributed by atoms with van der Waals surface area (Å²) in [7, 11) is 3.16. The van der Waals surface area contributed by atoms with Crippen molar-refractivity contribution in [1.29, 1.82) is 0 Å². The van der Waals surface area contributed by atoms with Gasteiger partial charge in [-0.25, -0.2) is 0 Å². The van der Waals surface area contributed by atoms with Crippen molar-refractivity contribution in [2.75, 3.05) is 20.8 Å². The van der Waals surface area contributed by atoms with E-state index in [4.69, 9.17) is 14.2 Å². The average Bonchev–Trinajstić information content (AvgIpc) is 3.24. The molecule has 0 radical (unpaired) electrons. The molecular formula is C23H26N4O5S. The van der Waals surface area contributed by atoms with Gasteiger partial charge in [-0.15, -0.1) is 10.2 Å². The standard InChI is InChI=1S/C23H26N4O5S/c1-5-32-22(29)15(2)33-23-26-25-20(27(23)17-8-12-19(31-4)13-9-17)14-24-21(28)16-6-10-18(30-3)11-7-16/h6-13,15H,5,14H2,1-4H3,(H,24,28)/t15-/m1/s1. The van der Waals surface area contributed by atoms with Gasteiger partial charge in [0.1, 0.15) is 16.7 Å². The maximum Gasteiger partial charge on any atom is 0.319 e. The van der Waals surface area contributed by atoms with Gasteiger partial charge in [0.2, 0.25) is 0 Å². The van der Waals surface area contributed by atoms with E-state index in [1.165, 1.54) is 11.8 Å². The Balaban J connectivity index is 1.84. The minimum absolute atomic E-state index is 0.137. The van der Waals surface area contributed by atoms with Crippen LogP contribution in [-0.2, 0) is 16.1 Å². The molecule has 1 amide bonds. The second kappa shape index (κ2) is 11.4. The van der Waals surface area contributed by atoms with Crippen LogP contribution in [0.4, 0.5) is 0 Å². The largest absolute Gasteiger partial charge is 0.497 e. The highest BCUT2D eigenvalue weighted by molar-refractivity contribution is 8.00. The number of methoxy groups -OCH3 is 2. The molecular weight excluding hydrogens is 444 g/mol. The lowest BCUT2D eigenvalue weighted by Crippen LogP contribution is -2.24. The number of aromatic nitrogens is 3. The average molecular weight is 471 g/mol. The molecule has 0 fully saturated rings. The van der Waals surface area contributed by atoms with Gasteiger partial charge in [-0.3, -0.25) is 14.2 Å². The Morgan fingerprint density at radius 2 is 1.61 bits per heavy atom.